The van der Waals surface area contributed by atoms with E-state index >= 15 is 0 Å². The standard InChI is InChI=1S/C16H18N4OS/c1-16(2,3)14-18-15(20-19-14)22-10-12-9-17-13(21-12)11-7-5-4-6-8-11/h4-9H,10H2,1-3H3,(H,18,19,20). The fourth-order valence-corrected chi connectivity index (χ4v) is 2.54. The van der Waals surface area contributed by atoms with Crippen LogP contribution in [0.4, 0.5) is 0 Å². The molecule has 5 nitrogen and oxygen atoms in total. The maximum atomic E-state index is 5.77. The Bertz CT molecular complexity index is 743. The molecule has 0 radical (unpaired) electrons. The average Bonchev–Trinajstić information content (AvgIpc) is 3.15. The second-order valence-corrected chi connectivity index (χ2v) is 6.95. The quantitative estimate of drug-likeness (QED) is 0.736. The Kier molecular flexibility index (Phi) is 4.02. The number of oxazole rings is 1. The molecule has 3 aromatic rings. The molecule has 0 atom stereocenters. The number of hydrogen-bond donors (Lipinski definition) is 1. The first-order valence-electron chi connectivity index (χ1n) is 7.08. The highest BCUT2D eigenvalue weighted by atomic mass is 32.2. The van der Waals surface area contributed by atoms with Gasteiger partial charge in [0.15, 0.2) is 0 Å². The number of aromatic amines is 1. The predicted molar refractivity (Wildman–Crippen MR) is 86.6 cm³/mol. The van der Waals surface area contributed by atoms with Gasteiger partial charge < -0.3 is 4.42 Å². The van der Waals surface area contributed by atoms with Crippen molar-refractivity contribution in [3.05, 3.63) is 48.1 Å². The molecule has 1 N–H and O–H groups in total. The van der Waals surface area contributed by atoms with Crippen LogP contribution < -0.4 is 0 Å². The van der Waals surface area contributed by atoms with Gasteiger partial charge >= 0.3 is 0 Å². The van der Waals surface area contributed by atoms with Crippen molar-refractivity contribution in [3.63, 3.8) is 0 Å². The van der Waals surface area contributed by atoms with Gasteiger partial charge in [-0.25, -0.2) is 9.97 Å². The summed E-state index contributed by atoms with van der Waals surface area (Å²) in [5, 5.41) is 7.94. The molecule has 3 rings (SSSR count). The molecule has 0 bridgehead atoms. The third-order valence-electron chi connectivity index (χ3n) is 3.09. The fourth-order valence-electron chi connectivity index (χ4n) is 1.87. The summed E-state index contributed by atoms with van der Waals surface area (Å²) >= 11 is 1.53. The van der Waals surface area contributed by atoms with Crippen molar-refractivity contribution in [1.82, 2.24) is 20.2 Å². The molecule has 2 heterocycles. The highest BCUT2D eigenvalue weighted by Gasteiger charge is 2.19. The molecule has 0 fully saturated rings. The van der Waals surface area contributed by atoms with Gasteiger partial charge in [0.25, 0.3) is 0 Å². The van der Waals surface area contributed by atoms with E-state index in [0.29, 0.717) is 11.6 Å². The van der Waals surface area contributed by atoms with Crippen LogP contribution in [0.1, 0.15) is 32.4 Å². The lowest BCUT2D eigenvalue weighted by atomic mass is 9.96. The van der Waals surface area contributed by atoms with Gasteiger partial charge in [0.2, 0.25) is 11.0 Å². The Morgan fingerprint density at radius 2 is 1.95 bits per heavy atom. The zero-order chi connectivity index (χ0) is 15.6. The van der Waals surface area contributed by atoms with Crippen molar-refractivity contribution in [1.29, 1.82) is 0 Å². The second kappa shape index (κ2) is 5.96. The molecule has 0 spiro atoms. The minimum absolute atomic E-state index is 0.0292. The molecule has 0 saturated heterocycles. The molecular weight excluding hydrogens is 296 g/mol. The molecule has 0 aliphatic rings. The van der Waals surface area contributed by atoms with Gasteiger partial charge in [0.05, 0.1) is 11.9 Å². The van der Waals surface area contributed by atoms with E-state index in [1.165, 1.54) is 11.8 Å². The summed E-state index contributed by atoms with van der Waals surface area (Å²) in [6, 6.07) is 9.87. The first-order valence-corrected chi connectivity index (χ1v) is 8.07. The zero-order valence-corrected chi connectivity index (χ0v) is 13.6. The number of rotatable bonds is 4. The number of hydrogen-bond acceptors (Lipinski definition) is 5. The first-order chi connectivity index (χ1) is 10.5. The van der Waals surface area contributed by atoms with Crippen LogP contribution in [0.25, 0.3) is 11.5 Å². The summed E-state index contributed by atoms with van der Waals surface area (Å²) in [5.41, 5.74) is 0.949. The second-order valence-electron chi connectivity index (χ2n) is 6.00. The van der Waals surface area contributed by atoms with E-state index < -0.39 is 0 Å². The molecular formula is C16H18N4OS. The van der Waals surface area contributed by atoms with Gasteiger partial charge in [0, 0.05) is 11.0 Å². The Balaban J connectivity index is 1.65. The summed E-state index contributed by atoms with van der Waals surface area (Å²) in [4.78, 5) is 8.81. The van der Waals surface area contributed by atoms with Crippen LogP contribution >= 0.6 is 11.8 Å². The maximum absolute atomic E-state index is 5.77. The van der Waals surface area contributed by atoms with Crippen LogP contribution in [0.3, 0.4) is 0 Å². The van der Waals surface area contributed by atoms with Gasteiger partial charge in [-0.15, -0.1) is 5.10 Å². The smallest absolute Gasteiger partial charge is 0.226 e. The number of H-pyrrole nitrogens is 1. The predicted octanol–water partition coefficient (Wildman–Crippen LogP) is 4.05. The minimum atomic E-state index is -0.0292. The molecule has 0 aliphatic heterocycles. The summed E-state index contributed by atoms with van der Waals surface area (Å²) in [5.74, 6) is 2.99. The third-order valence-corrected chi connectivity index (χ3v) is 3.96. The van der Waals surface area contributed by atoms with Crippen LogP contribution in [0.15, 0.2) is 46.1 Å². The van der Waals surface area contributed by atoms with Crippen molar-refractivity contribution in [3.8, 4) is 11.5 Å². The normalized spacial score (nSPS) is 11.8. The minimum Gasteiger partial charge on any atom is -0.440 e. The molecule has 0 saturated carbocycles. The maximum Gasteiger partial charge on any atom is 0.226 e. The van der Waals surface area contributed by atoms with Crippen LogP contribution in [0, 0.1) is 0 Å². The largest absolute Gasteiger partial charge is 0.440 e. The van der Waals surface area contributed by atoms with Gasteiger partial charge in [-0.2, -0.15) is 0 Å². The number of nitrogens with one attached hydrogen (secondary N) is 1. The molecule has 0 aliphatic carbocycles. The summed E-state index contributed by atoms with van der Waals surface area (Å²) < 4.78 is 5.77. The zero-order valence-electron chi connectivity index (χ0n) is 12.8. The lowest BCUT2D eigenvalue weighted by Crippen LogP contribution is -2.13. The van der Waals surface area contributed by atoms with Crippen molar-refractivity contribution >= 4 is 11.8 Å². The monoisotopic (exact) mass is 314 g/mol. The van der Waals surface area contributed by atoms with Crippen LogP contribution in [-0.2, 0) is 11.2 Å². The Hall–Kier alpha value is -2.08. The van der Waals surface area contributed by atoms with E-state index in [4.69, 9.17) is 4.42 Å². The number of benzene rings is 1. The molecule has 0 amide bonds. The van der Waals surface area contributed by atoms with E-state index in [-0.39, 0.29) is 5.41 Å². The SMILES string of the molecule is CC(C)(C)c1nc(SCc2cnc(-c3ccccc3)o2)n[nH]1. The van der Waals surface area contributed by atoms with Gasteiger partial charge in [-0.1, -0.05) is 50.7 Å². The number of aromatic nitrogens is 4. The van der Waals surface area contributed by atoms with Crippen LogP contribution in [0.2, 0.25) is 0 Å². The molecule has 2 aromatic heterocycles. The van der Waals surface area contributed by atoms with Crippen LogP contribution in [0.5, 0.6) is 0 Å². The Labute approximate surface area is 133 Å². The van der Waals surface area contributed by atoms with E-state index in [2.05, 4.69) is 40.9 Å². The average molecular weight is 314 g/mol. The molecule has 22 heavy (non-hydrogen) atoms. The summed E-state index contributed by atoms with van der Waals surface area (Å²) in [7, 11) is 0. The Morgan fingerprint density at radius 3 is 2.64 bits per heavy atom. The number of thioether (sulfide) groups is 1. The number of nitrogens with zero attached hydrogens (tertiary/aromatic N) is 3. The fraction of sp³-hybridized carbons (Fsp3) is 0.312. The van der Waals surface area contributed by atoms with E-state index in [1.54, 1.807) is 6.20 Å². The van der Waals surface area contributed by atoms with E-state index in [0.717, 1.165) is 22.3 Å². The lowest BCUT2D eigenvalue weighted by molar-refractivity contribution is 0.538. The van der Waals surface area contributed by atoms with Crippen molar-refractivity contribution in [2.45, 2.75) is 37.1 Å². The first kappa shape index (κ1) is 14.8. The highest BCUT2D eigenvalue weighted by molar-refractivity contribution is 7.98. The van der Waals surface area contributed by atoms with E-state index in [9.17, 15) is 0 Å². The van der Waals surface area contributed by atoms with Crippen molar-refractivity contribution in [2.24, 2.45) is 0 Å². The lowest BCUT2D eigenvalue weighted by Gasteiger charge is -2.12. The molecule has 1 aromatic carbocycles. The van der Waals surface area contributed by atoms with Crippen molar-refractivity contribution in [2.75, 3.05) is 0 Å². The van der Waals surface area contributed by atoms with Crippen LogP contribution in [-0.4, -0.2) is 20.2 Å². The van der Waals surface area contributed by atoms with Gasteiger partial charge in [-0.05, 0) is 12.1 Å². The topological polar surface area (TPSA) is 67.6 Å². The molecule has 0 unspecified atom stereocenters. The Morgan fingerprint density at radius 1 is 1.18 bits per heavy atom. The van der Waals surface area contributed by atoms with Crippen molar-refractivity contribution < 1.29 is 4.42 Å². The van der Waals surface area contributed by atoms with Gasteiger partial charge in [-0.3, -0.25) is 5.10 Å². The van der Waals surface area contributed by atoms with E-state index in [1.807, 2.05) is 30.3 Å². The third kappa shape index (κ3) is 3.39. The summed E-state index contributed by atoms with van der Waals surface area (Å²) in [6.45, 7) is 6.31. The molecule has 114 valence electrons. The van der Waals surface area contributed by atoms with Gasteiger partial charge in [0.1, 0.15) is 11.6 Å². The summed E-state index contributed by atoms with van der Waals surface area (Å²) in [6.07, 6.45) is 1.76. The highest BCUT2D eigenvalue weighted by Crippen LogP contribution is 2.25. The molecule has 6 heteroatoms.